The summed E-state index contributed by atoms with van der Waals surface area (Å²) in [6.07, 6.45) is 12.2. The third-order valence-corrected chi connectivity index (χ3v) is 5.76. The summed E-state index contributed by atoms with van der Waals surface area (Å²) in [7, 11) is 4.54. The summed E-state index contributed by atoms with van der Waals surface area (Å²) in [5.74, 6) is 1.87. The molecule has 0 bridgehead atoms. The van der Waals surface area contributed by atoms with Crippen molar-refractivity contribution in [3.8, 4) is 17.2 Å². The van der Waals surface area contributed by atoms with Crippen molar-refractivity contribution in [2.45, 2.75) is 64.7 Å². The van der Waals surface area contributed by atoms with Crippen LogP contribution in [0.15, 0.2) is 24.5 Å². The van der Waals surface area contributed by atoms with E-state index in [0.717, 1.165) is 18.5 Å². The molecule has 34 heavy (non-hydrogen) atoms. The third kappa shape index (κ3) is 6.36. The van der Waals surface area contributed by atoms with Crippen molar-refractivity contribution in [1.29, 1.82) is 0 Å². The molecule has 1 N–H and O–H groups in total. The normalized spacial score (nSPS) is 10.9. The van der Waals surface area contributed by atoms with Gasteiger partial charge in [0.25, 0.3) is 11.7 Å². The lowest BCUT2D eigenvalue weighted by Crippen LogP contribution is -2.16. The Bertz CT molecular complexity index is 1060. The quantitative estimate of drug-likeness (QED) is 0.328. The van der Waals surface area contributed by atoms with E-state index >= 15 is 0 Å². The molecule has 1 amide bonds. The van der Waals surface area contributed by atoms with Crippen molar-refractivity contribution in [3.05, 3.63) is 35.8 Å². The van der Waals surface area contributed by atoms with Crippen molar-refractivity contribution >= 4 is 17.5 Å². The number of hydrogen-bond donors (Lipinski definition) is 1. The number of benzene rings is 1. The molecule has 9 nitrogen and oxygen atoms in total. The lowest BCUT2D eigenvalue weighted by molar-refractivity contribution is 0.102. The Morgan fingerprint density at radius 1 is 0.912 bits per heavy atom. The number of nitrogens with zero attached hydrogens (tertiary/aromatic N) is 4. The molecule has 0 saturated heterocycles. The summed E-state index contributed by atoms with van der Waals surface area (Å²) in [6, 6.07) is 5.08. The van der Waals surface area contributed by atoms with Crippen LogP contribution in [0.3, 0.4) is 0 Å². The summed E-state index contributed by atoms with van der Waals surface area (Å²) in [6.45, 7) is 2.24. The van der Waals surface area contributed by atoms with Crippen molar-refractivity contribution in [1.82, 2.24) is 19.6 Å². The molecule has 0 aliphatic carbocycles. The molecule has 0 fully saturated rings. The molecule has 184 valence electrons. The first-order valence-corrected chi connectivity index (χ1v) is 11.9. The van der Waals surface area contributed by atoms with Gasteiger partial charge in [0.05, 0.1) is 21.3 Å². The molecule has 9 heteroatoms. The number of ether oxygens (including phenoxy) is 3. The zero-order valence-corrected chi connectivity index (χ0v) is 20.6. The Labute approximate surface area is 200 Å². The van der Waals surface area contributed by atoms with Gasteiger partial charge in [0.15, 0.2) is 11.5 Å². The zero-order chi connectivity index (χ0) is 24.3. The number of fused-ring (bicyclic) bond motifs is 1. The minimum Gasteiger partial charge on any atom is -0.493 e. The van der Waals surface area contributed by atoms with Crippen LogP contribution >= 0.6 is 0 Å². The summed E-state index contributed by atoms with van der Waals surface area (Å²) in [4.78, 5) is 21.9. The number of aromatic nitrogens is 4. The van der Waals surface area contributed by atoms with Crippen LogP contribution in [0, 0.1) is 0 Å². The topological polar surface area (TPSA) is 99.9 Å². The number of carbonyl (C=O) groups is 1. The van der Waals surface area contributed by atoms with Crippen LogP contribution in [-0.4, -0.2) is 46.8 Å². The fourth-order valence-electron chi connectivity index (χ4n) is 3.92. The van der Waals surface area contributed by atoms with Crippen LogP contribution in [0.5, 0.6) is 17.2 Å². The molecular weight excluding hydrogens is 434 g/mol. The van der Waals surface area contributed by atoms with Gasteiger partial charge in [-0.15, -0.1) is 0 Å². The van der Waals surface area contributed by atoms with Gasteiger partial charge in [-0.25, -0.2) is 4.98 Å². The maximum atomic E-state index is 13.1. The number of anilines is 1. The van der Waals surface area contributed by atoms with Crippen molar-refractivity contribution in [2.75, 3.05) is 26.6 Å². The summed E-state index contributed by atoms with van der Waals surface area (Å²) >= 11 is 0. The number of carbonyl (C=O) groups excluding carboxylic acids is 1. The second-order valence-electron chi connectivity index (χ2n) is 8.20. The minimum atomic E-state index is -0.333. The second-order valence-corrected chi connectivity index (χ2v) is 8.20. The molecule has 0 unspecified atom stereocenters. The fraction of sp³-hybridized carbons (Fsp3) is 0.520. The van der Waals surface area contributed by atoms with Crippen LogP contribution in [0.2, 0.25) is 0 Å². The molecule has 3 rings (SSSR count). The van der Waals surface area contributed by atoms with Crippen LogP contribution in [0.1, 0.15) is 74.3 Å². The van der Waals surface area contributed by atoms with Gasteiger partial charge in [-0.1, -0.05) is 51.9 Å². The maximum absolute atomic E-state index is 13.1. The number of methoxy groups -OCH3 is 3. The highest BCUT2D eigenvalue weighted by molar-refractivity contribution is 6.04. The van der Waals surface area contributed by atoms with Crippen molar-refractivity contribution in [3.63, 3.8) is 0 Å². The molecule has 0 saturated carbocycles. The number of amides is 1. The van der Waals surface area contributed by atoms with Crippen LogP contribution in [-0.2, 0) is 6.42 Å². The molecule has 0 aliphatic rings. The van der Waals surface area contributed by atoms with Gasteiger partial charge >= 0.3 is 0 Å². The van der Waals surface area contributed by atoms with Crippen molar-refractivity contribution < 1.29 is 19.0 Å². The Morgan fingerprint density at radius 3 is 2.18 bits per heavy atom. The maximum Gasteiger partial charge on any atom is 0.257 e. The standard InChI is InChI=1S/C25H35N5O4/c1-5-6-7-8-9-10-11-12-13-19-16-22(30-25(28-19)26-17-27-30)29-24(31)18-14-20(32-2)23(34-4)21(15-18)33-3/h14-17H,5-13H2,1-4H3,(H,29,31). The second kappa shape index (κ2) is 12.8. The first-order valence-electron chi connectivity index (χ1n) is 11.9. The number of hydrogen-bond acceptors (Lipinski definition) is 7. The Hall–Kier alpha value is -3.36. The first-order chi connectivity index (χ1) is 16.6. The highest BCUT2D eigenvalue weighted by Gasteiger charge is 2.18. The molecule has 0 radical (unpaired) electrons. The number of unbranched alkanes of at least 4 members (excludes halogenated alkanes) is 7. The predicted octanol–water partition coefficient (Wildman–Crippen LogP) is 5.09. The van der Waals surface area contributed by atoms with Gasteiger partial charge in [-0.05, 0) is 25.0 Å². The number of rotatable bonds is 14. The van der Waals surface area contributed by atoms with E-state index in [-0.39, 0.29) is 5.91 Å². The summed E-state index contributed by atoms with van der Waals surface area (Å²) in [5, 5.41) is 7.13. The molecule has 3 aromatic rings. The van der Waals surface area contributed by atoms with Gasteiger partial charge in [-0.3, -0.25) is 4.79 Å². The van der Waals surface area contributed by atoms with Gasteiger partial charge in [0, 0.05) is 17.3 Å². The number of aryl methyl sites for hydroxylation is 1. The Morgan fingerprint density at radius 2 is 1.56 bits per heavy atom. The Balaban J connectivity index is 1.70. The molecule has 0 atom stereocenters. The molecule has 1 aromatic carbocycles. The van der Waals surface area contributed by atoms with E-state index in [4.69, 9.17) is 14.2 Å². The lowest BCUT2D eigenvalue weighted by atomic mass is 10.1. The fourth-order valence-corrected chi connectivity index (χ4v) is 3.92. The molecule has 0 spiro atoms. The third-order valence-electron chi connectivity index (χ3n) is 5.76. The van der Waals surface area contributed by atoms with E-state index in [1.54, 1.807) is 12.1 Å². The zero-order valence-electron chi connectivity index (χ0n) is 20.6. The molecular formula is C25H35N5O4. The van der Waals surface area contributed by atoms with E-state index in [9.17, 15) is 4.79 Å². The highest BCUT2D eigenvalue weighted by atomic mass is 16.5. The smallest absolute Gasteiger partial charge is 0.257 e. The van der Waals surface area contributed by atoms with E-state index in [2.05, 4.69) is 27.3 Å². The van der Waals surface area contributed by atoms with Gasteiger partial charge < -0.3 is 19.5 Å². The first kappa shape index (κ1) is 25.3. The lowest BCUT2D eigenvalue weighted by Gasteiger charge is -2.14. The average molecular weight is 470 g/mol. The van der Waals surface area contributed by atoms with Crippen molar-refractivity contribution in [2.24, 2.45) is 0 Å². The van der Waals surface area contributed by atoms with Gasteiger partial charge in [0.1, 0.15) is 12.1 Å². The molecule has 0 aliphatic heterocycles. The molecule has 2 aromatic heterocycles. The largest absolute Gasteiger partial charge is 0.493 e. The Kier molecular flexibility index (Phi) is 9.49. The van der Waals surface area contributed by atoms with Crippen LogP contribution < -0.4 is 19.5 Å². The van der Waals surface area contributed by atoms with E-state index in [1.165, 1.54) is 77.1 Å². The van der Waals surface area contributed by atoms with Crippen LogP contribution in [0.4, 0.5) is 5.82 Å². The van der Waals surface area contributed by atoms with E-state index in [1.807, 2.05) is 6.07 Å². The average Bonchev–Trinajstić information content (AvgIpc) is 3.33. The highest BCUT2D eigenvalue weighted by Crippen LogP contribution is 2.38. The monoisotopic (exact) mass is 469 g/mol. The summed E-state index contributed by atoms with van der Waals surface area (Å²) in [5.41, 5.74) is 1.25. The van der Waals surface area contributed by atoms with E-state index < -0.39 is 0 Å². The van der Waals surface area contributed by atoms with Gasteiger partial charge in [-0.2, -0.15) is 14.6 Å². The van der Waals surface area contributed by atoms with Gasteiger partial charge in [0.2, 0.25) is 5.75 Å². The SMILES string of the molecule is CCCCCCCCCCc1cc(NC(=O)c2cc(OC)c(OC)c(OC)c2)n2ncnc2n1. The summed E-state index contributed by atoms with van der Waals surface area (Å²) < 4.78 is 17.6. The minimum absolute atomic E-state index is 0.333. The van der Waals surface area contributed by atoms with Crippen LogP contribution in [0.25, 0.3) is 5.78 Å². The van der Waals surface area contributed by atoms with E-state index in [0.29, 0.717) is 34.4 Å². The molecule has 2 heterocycles. The number of nitrogens with one attached hydrogen (secondary N) is 1. The predicted molar refractivity (Wildman–Crippen MR) is 131 cm³/mol.